The van der Waals surface area contributed by atoms with E-state index in [1.807, 2.05) is 6.92 Å². The molecule has 2 rings (SSSR count). The fraction of sp³-hybridized carbons (Fsp3) is 0.900. The van der Waals surface area contributed by atoms with Gasteiger partial charge in [-0.1, -0.05) is 0 Å². The molecule has 1 heterocycles. The Bertz CT molecular complexity index is 205. The topological polar surface area (TPSA) is 38.3 Å². The van der Waals surface area contributed by atoms with Crippen molar-refractivity contribution >= 4 is 5.97 Å². The molecule has 0 bridgehead atoms. The summed E-state index contributed by atoms with van der Waals surface area (Å²) >= 11 is 0. The minimum Gasteiger partial charge on any atom is -0.466 e. The Balaban J connectivity index is 1.96. The lowest BCUT2D eigenvalue weighted by atomic mass is 9.92. The minimum absolute atomic E-state index is 0.0266. The summed E-state index contributed by atoms with van der Waals surface area (Å²) in [7, 11) is 0. The van der Waals surface area contributed by atoms with Gasteiger partial charge < -0.3 is 10.1 Å². The number of carbonyl (C=O) groups is 1. The van der Waals surface area contributed by atoms with E-state index in [1.165, 1.54) is 6.42 Å². The van der Waals surface area contributed by atoms with Crippen molar-refractivity contribution in [3.8, 4) is 0 Å². The largest absolute Gasteiger partial charge is 0.466 e. The molecule has 0 aromatic carbocycles. The van der Waals surface area contributed by atoms with E-state index in [0.29, 0.717) is 12.5 Å². The van der Waals surface area contributed by atoms with Gasteiger partial charge in [-0.3, -0.25) is 4.79 Å². The molecule has 0 aromatic rings. The van der Waals surface area contributed by atoms with Gasteiger partial charge >= 0.3 is 5.97 Å². The molecule has 1 aliphatic carbocycles. The summed E-state index contributed by atoms with van der Waals surface area (Å²) in [6.45, 7) is 4.49. The molecule has 2 aliphatic rings. The molecule has 0 amide bonds. The predicted octanol–water partition coefficient (Wildman–Crippen LogP) is 0.795. The average molecular weight is 183 g/mol. The molecule has 3 nitrogen and oxygen atoms in total. The number of fused-ring (bicyclic) bond motifs is 1. The van der Waals surface area contributed by atoms with Crippen molar-refractivity contribution in [3.63, 3.8) is 0 Å². The van der Waals surface area contributed by atoms with Crippen LogP contribution in [0.3, 0.4) is 0 Å². The van der Waals surface area contributed by atoms with E-state index in [2.05, 4.69) is 5.32 Å². The number of hydrogen-bond acceptors (Lipinski definition) is 3. The number of hydrogen-bond donors (Lipinski definition) is 1. The van der Waals surface area contributed by atoms with Crippen molar-refractivity contribution in [3.05, 3.63) is 0 Å². The van der Waals surface area contributed by atoms with E-state index >= 15 is 0 Å². The first-order valence-electron chi connectivity index (χ1n) is 5.20. The van der Waals surface area contributed by atoms with Crippen molar-refractivity contribution < 1.29 is 9.53 Å². The molecule has 1 aliphatic heterocycles. The lowest BCUT2D eigenvalue weighted by Gasteiger charge is -2.15. The Kier molecular flexibility index (Phi) is 2.54. The molecule has 1 unspecified atom stereocenters. The molecule has 13 heavy (non-hydrogen) atoms. The maximum Gasteiger partial charge on any atom is 0.309 e. The van der Waals surface area contributed by atoms with Crippen LogP contribution in [0.2, 0.25) is 0 Å². The molecule has 3 heteroatoms. The van der Waals surface area contributed by atoms with Gasteiger partial charge in [-0.25, -0.2) is 0 Å². The van der Waals surface area contributed by atoms with Gasteiger partial charge in [-0.15, -0.1) is 0 Å². The molecule has 0 spiro atoms. The van der Waals surface area contributed by atoms with Crippen LogP contribution in [0, 0.1) is 17.8 Å². The Morgan fingerprint density at radius 1 is 1.46 bits per heavy atom. The lowest BCUT2D eigenvalue weighted by Crippen LogP contribution is -2.25. The van der Waals surface area contributed by atoms with Gasteiger partial charge in [0.2, 0.25) is 0 Å². The normalized spacial score (nSPS) is 37.5. The summed E-state index contributed by atoms with van der Waals surface area (Å²) < 4.78 is 5.07. The van der Waals surface area contributed by atoms with Crippen LogP contribution in [0.25, 0.3) is 0 Å². The van der Waals surface area contributed by atoms with Crippen LogP contribution in [-0.2, 0) is 9.53 Å². The summed E-state index contributed by atoms with van der Waals surface area (Å²) in [6.07, 6.45) is 2.23. The van der Waals surface area contributed by atoms with Crippen LogP contribution in [0.15, 0.2) is 0 Å². The number of nitrogens with one attached hydrogen (secondary N) is 1. The third-order valence-corrected chi connectivity index (χ3v) is 3.35. The second-order valence-electron chi connectivity index (χ2n) is 4.02. The van der Waals surface area contributed by atoms with Crippen LogP contribution in [0.4, 0.5) is 0 Å². The molecule has 0 radical (unpaired) electrons. The van der Waals surface area contributed by atoms with Gasteiger partial charge in [-0.2, -0.15) is 0 Å². The van der Waals surface area contributed by atoms with Crippen LogP contribution in [0.5, 0.6) is 0 Å². The van der Waals surface area contributed by atoms with E-state index in [1.54, 1.807) is 0 Å². The zero-order valence-corrected chi connectivity index (χ0v) is 8.08. The summed E-state index contributed by atoms with van der Waals surface area (Å²) in [5, 5.41) is 3.34. The number of rotatable bonds is 2. The third-order valence-electron chi connectivity index (χ3n) is 3.35. The Hall–Kier alpha value is -0.570. The highest BCUT2D eigenvalue weighted by atomic mass is 16.5. The van der Waals surface area contributed by atoms with Crippen molar-refractivity contribution in [2.75, 3.05) is 19.7 Å². The Morgan fingerprint density at radius 3 is 3.08 bits per heavy atom. The first kappa shape index (κ1) is 9.00. The Labute approximate surface area is 78.8 Å². The van der Waals surface area contributed by atoms with Crippen LogP contribution in [-0.4, -0.2) is 25.7 Å². The maximum atomic E-state index is 11.5. The summed E-state index contributed by atoms with van der Waals surface area (Å²) in [6, 6.07) is 0. The quantitative estimate of drug-likeness (QED) is 0.643. The van der Waals surface area contributed by atoms with Gasteiger partial charge in [0, 0.05) is 0 Å². The third kappa shape index (κ3) is 1.57. The highest BCUT2D eigenvalue weighted by Gasteiger charge is 2.43. The average Bonchev–Trinajstić information content (AvgIpc) is 2.62. The summed E-state index contributed by atoms with van der Waals surface area (Å²) in [5.41, 5.74) is 0. The molecule has 74 valence electrons. The SMILES string of the molecule is CCOC(=O)C1CC[C@H]2CNC[C@@H]12. The second-order valence-corrected chi connectivity index (χ2v) is 4.02. The molecule has 1 saturated heterocycles. The molecule has 1 N–H and O–H groups in total. The highest BCUT2D eigenvalue weighted by Crippen LogP contribution is 2.39. The Morgan fingerprint density at radius 2 is 2.31 bits per heavy atom. The van der Waals surface area contributed by atoms with Crippen molar-refractivity contribution in [1.29, 1.82) is 0 Å². The molecular weight excluding hydrogens is 166 g/mol. The van der Waals surface area contributed by atoms with Crippen molar-refractivity contribution in [2.24, 2.45) is 17.8 Å². The van der Waals surface area contributed by atoms with E-state index in [-0.39, 0.29) is 11.9 Å². The van der Waals surface area contributed by atoms with Gasteiger partial charge in [0.1, 0.15) is 0 Å². The van der Waals surface area contributed by atoms with Gasteiger partial charge in [0.25, 0.3) is 0 Å². The monoisotopic (exact) mass is 183 g/mol. The molecule has 3 atom stereocenters. The van der Waals surface area contributed by atoms with E-state index in [9.17, 15) is 4.79 Å². The van der Waals surface area contributed by atoms with Gasteiger partial charge in [0.05, 0.1) is 12.5 Å². The molecule has 1 saturated carbocycles. The fourth-order valence-corrected chi connectivity index (χ4v) is 2.69. The van der Waals surface area contributed by atoms with Crippen molar-refractivity contribution in [2.45, 2.75) is 19.8 Å². The maximum absolute atomic E-state index is 11.5. The van der Waals surface area contributed by atoms with Crippen LogP contribution < -0.4 is 5.32 Å². The first-order valence-corrected chi connectivity index (χ1v) is 5.20. The van der Waals surface area contributed by atoms with Crippen LogP contribution in [0.1, 0.15) is 19.8 Å². The predicted molar refractivity (Wildman–Crippen MR) is 49.2 cm³/mol. The number of esters is 1. The van der Waals surface area contributed by atoms with E-state index < -0.39 is 0 Å². The van der Waals surface area contributed by atoms with E-state index in [0.717, 1.165) is 25.4 Å². The molecule has 2 fully saturated rings. The van der Waals surface area contributed by atoms with Crippen molar-refractivity contribution in [1.82, 2.24) is 5.32 Å². The highest BCUT2D eigenvalue weighted by molar-refractivity contribution is 5.73. The standard InChI is InChI=1S/C10H17NO2/c1-2-13-10(12)8-4-3-7-5-11-6-9(7)8/h7-9,11H,2-6H2,1H3/t7-,8?,9+/m0/s1. The number of ether oxygens (including phenoxy) is 1. The second kappa shape index (κ2) is 3.66. The van der Waals surface area contributed by atoms with Gasteiger partial charge in [0.15, 0.2) is 0 Å². The smallest absolute Gasteiger partial charge is 0.309 e. The first-order chi connectivity index (χ1) is 6.33. The zero-order chi connectivity index (χ0) is 9.26. The zero-order valence-electron chi connectivity index (χ0n) is 8.08. The van der Waals surface area contributed by atoms with Crippen LogP contribution >= 0.6 is 0 Å². The molecular formula is C10H17NO2. The number of carbonyl (C=O) groups excluding carboxylic acids is 1. The summed E-state index contributed by atoms with van der Waals surface area (Å²) in [4.78, 5) is 11.5. The minimum atomic E-state index is 0.0266. The fourth-order valence-electron chi connectivity index (χ4n) is 2.69. The van der Waals surface area contributed by atoms with Gasteiger partial charge in [-0.05, 0) is 44.7 Å². The van der Waals surface area contributed by atoms with E-state index in [4.69, 9.17) is 4.74 Å². The lowest BCUT2D eigenvalue weighted by molar-refractivity contribution is -0.149. The summed E-state index contributed by atoms with van der Waals surface area (Å²) in [5.74, 6) is 1.49. The molecule has 0 aromatic heterocycles.